The maximum absolute atomic E-state index is 12.0. The van der Waals surface area contributed by atoms with Crippen molar-refractivity contribution in [1.82, 2.24) is 14.8 Å². The summed E-state index contributed by atoms with van der Waals surface area (Å²) in [5.74, 6) is 0.593. The molecule has 0 radical (unpaired) electrons. The van der Waals surface area contributed by atoms with Crippen LogP contribution in [0.3, 0.4) is 0 Å². The predicted molar refractivity (Wildman–Crippen MR) is 92.6 cm³/mol. The second kappa shape index (κ2) is 7.63. The van der Waals surface area contributed by atoms with Crippen molar-refractivity contribution in [2.24, 2.45) is 0 Å². The highest BCUT2D eigenvalue weighted by Gasteiger charge is 2.16. The fourth-order valence-corrected chi connectivity index (χ4v) is 3.20. The number of thioether (sulfide) groups is 1. The Hall–Kier alpha value is -2.13. The van der Waals surface area contributed by atoms with Gasteiger partial charge in [-0.1, -0.05) is 23.4 Å². The number of nitrogens with zero attached hydrogens (tertiary/aromatic N) is 4. The van der Waals surface area contributed by atoms with Crippen LogP contribution in [0.4, 0.5) is 11.4 Å². The molecule has 2 rings (SSSR count). The summed E-state index contributed by atoms with van der Waals surface area (Å²) in [6.07, 6.45) is 0. The predicted octanol–water partition coefficient (Wildman–Crippen LogP) is 3.46. The molecule has 8 nitrogen and oxygen atoms in total. The van der Waals surface area contributed by atoms with Crippen molar-refractivity contribution in [3.05, 3.63) is 39.2 Å². The molecule has 1 aromatic heterocycles. The minimum Gasteiger partial charge on any atom is -0.325 e. The molecule has 0 aliphatic rings. The molecule has 2 aromatic rings. The molecular formula is C14H16ClN5O3S. The van der Waals surface area contributed by atoms with Gasteiger partial charge in [0.05, 0.1) is 10.7 Å². The number of nitrogens with one attached hydrogen (secondary N) is 1. The second-order valence-electron chi connectivity index (χ2n) is 5.25. The van der Waals surface area contributed by atoms with E-state index in [0.717, 1.165) is 5.82 Å². The van der Waals surface area contributed by atoms with Crippen LogP contribution in [-0.4, -0.2) is 31.3 Å². The normalized spacial score (nSPS) is 10.9. The van der Waals surface area contributed by atoms with E-state index in [1.807, 2.05) is 25.3 Å². The lowest BCUT2D eigenvalue weighted by Crippen LogP contribution is -2.15. The highest BCUT2D eigenvalue weighted by molar-refractivity contribution is 7.99. The van der Waals surface area contributed by atoms with Crippen molar-refractivity contribution >= 4 is 40.6 Å². The molecule has 0 fully saturated rings. The number of aromatic nitrogens is 3. The zero-order valence-corrected chi connectivity index (χ0v) is 14.9. The van der Waals surface area contributed by atoms with Gasteiger partial charge in [-0.2, -0.15) is 0 Å². The van der Waals surface area contributed by atoms with Gasteiger partial charge in [-0.05, 0) is 32.9 Å². The van der Waals surface area contributed by atoms with Crippen LogP contribution >= 0.6 is 23.4 Å². The van der Waals surface area contributed by atoms with E-state index in [1.54, 1.807) is 0 Å². The molecule has 0 aliphatic heterocycles. The molecule has 24 heavy (non-hydrogen) atoms. The molecule has 1 amide bonds. The average Bonchev–Trinajstić information content (AvgIpc) is 2.88. The van der Waals surface area contributed by atoms with E-state index in [-0.39, 0.29) is 28.4 Å². The van der Waals surface area contributed by atoms with Crippen LogP contribution in [0.5, 0.6) is 0 Å². The number of aryl methyl sites for hydroxylation is 1. The highest BCUT2D eigenvalue weighted by atomic mass is 35.5. The van der Waals surface area contributed by atoms with Crippen molar-refractivity contribution in [1.29, 1.82) is 0 Å². The van der Waals surface area contributed by atoms with Gasteiger partial charge in [-0.25, -0.2) is 0 Å². The Morgan fingerprint density at radius 3 is 2.79 bits per heavy atom. The zero-order valence-electron chi connectivity index (χ0n) is 13.3. The smallest absolute Gasteiger partial charge is 0.289 e. The molecule has 10 heteroatoms. The van der Waals surface area contributed by atoms with E-state index in [9.17, 15) is 14.9 Å². The zero-order chi connectivity index (χ0) is 17.9. The van der Waals surface area contributed by atoms with Crippen LogP contribution in [0.15, 0.2) is 23.4 Å². The van der Waals surface area contributed by atoms with E-state index in [2.05, 4.69) is 15.5 Å². The molecule has 0 saturated heterocycles. The summed E-state index contributed by atoms with van der Waals surface area (Å²) in [4.78, 5) is 22.3. The third kappa shape index (κ3) is 4.24. The largest absolute Gasteiger partial charge is 0.325 e. The fourth-order valence-electron chi connectivity index (χ4n) is 2.10. The third-order valence-corrected chi connectivity index (χ3v) is 4.37. The SMILES string of the molecule is Cc1nnc(SCC(=O)Nc2ccc(Cl)c([N+](=O)[O-])c2)n1C(C)C. The van der Waals surface area contributed by atoms with Crippen molar-refractivity contribution < 1.29 is 9.72 Å². The maximum atomic E-state index is 12.0. The molecule has 0 unspecified atom stereocenters. The molecule has 1 aromatic carbocycles. The molecule has 128 valence electrons. The Morgan fingerprint density at radius 2 is 2.17 bits per heavy atom. The van der Waals surface area contributed by atoms with Crippen LogP contribution in [0.1, 0.15) is 25.7 Å². The van der Waals surface area contributed by atoms with Gasteiger partial charge >= 0.3 is 0 Å². The number of amides is 1. The highest BCUT2D eigenvalue weighted by Crippen LogP contribution is 2.27. The number of rotatable bonds is 6. The second-order valence-corrected chi connectivity index (χ2v) is 6.60. The summed E-state index contributed by atoms with van der Waals surface area (Å²) in [7, 11) is 0. The number of halogens is 1. The Balaban J connectivity index is 2.02. The van der Waals surface area contributed by atoms with Gasteiger partial charge in [0, 0.05) is 17.8 Å². The minimum absolute atomic E-state index is 0.0212. The number of benzene rings is 1. The Kier molecular flexibility index (Phi) is 5.79. The van der Waals surface area contributed by atoms with Gasteiger partial charge in [0.15, 0.2) is 5.16 Å². The Morgan fingerprint density at radius 1 is 1.46 bits per heavy atom. The number of nitro benzene ring substituents is 1. The molecule has 0 spiro atoms. The van der Waals surface area contributed by atoms with E-state index in [0.29, 0.717) is 10.8 Å². The van der Waals surface area contributed by atoms with Crippen LogP contribution in [0, 0.1) is 17.0 Å². The van der Waals surface area contributed by atoms with E-state index < -0.39 is 4.92 Å². The first-order valence-corrected chi connectivity index (χ1v) is 8.44. The first-order chi connectivity index (χ1) is 11.3. The van der Waals surface area contributed by atoms with E-state index in [4.69, 9.17) is 11.6 Å². The van der Waals surface area contributed by atoms with Crippen LogP contribution in [0.25, 0.3) is 0 Å². The van der Waals surface area contributed by atoms with Crippen molar-refractivity contribution in [2.75, 3.05) is 11.1 Å². The van der Waals surface area contributed by atoms with Gasteiger partial charge in [0.25, 0.3) is 5.69 Å². The number of hydrogen-bond acceptors (Lipinski definition) is 6. The molecule has 1 heterocycles. The molecule has 1 N–H and O–H groups in total. The van der Waals surface area contributed by atoms with Gasteiger partial charge in [-0.3, -0.25) is 14.9 Å². The van der Waals surface area contributed by atoms with Gasteiger partial charge < -0.3 is 9.88 Å². The molecule has 0 saturated carbocycles. The number of nitro groups is 1. The summed E-state index contributed by atoms with van der Waals surface area (Å²) < 4.78 is 1.94. The number of carbonyl (C=O) groups is 1. The van der Waals surface area contributed by atoms with E-state index in [1.165, 1.54) is 30.0 Å². The fraction of sp³-hybridized carbons (Fsp3) is 0.357. The maximum Gasteiger partial charge on any atom is 0.289 e. The first-order valence-electron chi connectivity index (χ1n) is 7.07. The number of carbonyl (C=O) groups excluding carboxylic acids is 1. The number of anilines is 1. The van der Waals surface area contributed by atoms with Gasteiger partial charge in [0.2, 0.25) is 5.91 Å². The molecule has 0 bridgehead atoms. The summed E-state index contributed by atoms with van der Waals surface area (Å²) in [5.41, 5.74) is 0.0653. The van der Waals surface area contributed by atoms with E-state index >= 15 is 0 Å². The standard InChI is InChI=1S/C14H16ClN5O3S/c1-8(2)19-9(3)17-18-14(19)24-7-13(21)16-10-4-5-11(15)12(6-10)20(22)23/h4-6,8H,7H2,1-3H3,(H,16,21). The summed E-state index contributed by atoms with van der Waals surface area (Å²) in [6, 6.07) is 4.30. The lowest BCUT2D eigenvalue weighted by Gasteiger charge is -2.11. The summed E-state index contributed by atoms with van der Waals surface area (Å²) in [6.45, 7) is 5.87. The van der Waals surface area contributed by atoms with Gasteiger partial charge in [0.1, 0.15) is 10.8 Å². The monoisotopic (exact) mass is 369 g/mol. The summed E-state index contributed by atoms with van der Waals surface area (Å²) in [5, 5.41) is 22.2. The van der Waals surface area contributed by atoms with Crippen LogP contribution in [-0.2, 0) is 4.79 Å². The molecule has 0 aliphatic carbocycles. The van der Waals surface area contributed by atoms with Gasteiger partial charge in [-0.15, -0.1) is 10.2 Å². The van der Waals surface area contributed by atoms with Crippen LogP contribution < -0.4 is 5.32 Å². The Labute approximate surface area is 147 Å². The topological polar surface area (TPSA) is 103 Å². The third-order valence-electron chi connectivity index (χ3n) is 3.11. The Bertz CT molecular complexity index is 778. The van der Waals surface area contributed by atoms with Crippen molar-refractivity contribution in [3.63, 3.8) is 0 Å². The van der Waals surface area contributed by atoms with Crippen LogP contribution in [0.2, 0.25) is 5.02 Å². The lowest BCUT2D eigenvalue weighted by molar-refractivity contribution is -0.384. The van der Waals surface area contributed by atoms with Crippen molar-refractivity contribution in [3.8, 4) is 0 Å². The average molecular weight is 370 g/mol. The van der Waals surface area contributed by atoms with Crippen molar-refractivity contribution in [2.45, 2.75) is 32.0 Å². The molecular weight excluding hydrogens is 354 g/mol. The molecule has 0 atom stereocenters. The number of hydrogen-bond donors (Lipinski definition) is 1. The quantitative estimate of drug-likeness (QED) is 0.475. The minimum atomic E-state index is -0.597. The first kappa shape index (κ1) is 18.2. The summed E-state index contributed by atoms with van der Waals surface area (Å²) >= 11 is 7.00. The lowest BCUT2D eigenvalue weighted by atomic mass is 10.3.